The summed E-state index contributed by atoms with van der Waals surface area (Å²) in [5.41, 5.74) is 1.34. The third kappa shape index (κ3) is 2.71. The van der Waals surface area contributed by atoms with Gasteiger partial charge in [0, 0.05) is 19.7 Å². The summed E-state index contributed by atoms with van der Waals surface area (Å²) in [5, 5.41) is 8.81. The van der Waals surface area contributed by atoms with Crippen LogP contribution in [0.15, 0.2) is 40.8 Å². The Morgan fingerprint density at radius 1 is 1.22 bits per heavy atom. The molecule has 4 heteroatoms. The Kier molecular flexibility index (Phi) is 3.37. The number of rotatable bonds is 4. The molecule has 0 bridgehead atoms. The van der Waals surface area contributed by atoms with Crippen LogP contribution >= 0.6 is 0 Å². The minimum Gasteiger partial charge on any atom is -0.478 e. The molecule has 0 spiro atoms. The summed E-state index contributed by atoms with van der Waals surface area (Å²) >= 11 is 0. The third-order valence-electron chi connectivity index (χ3n) is 2.72. The largest absolute Gasteiger partial charge is 0.478 e. The highest BCUT2D eigenvalue weighted by atomic mass is 16.4. The molecule has 94 valence electrons. The number of benzene rings is 1. The van der Waals surface area contributed by atoms with Gasteiger partial charge in [-0.1, -0.05) is 12.1 Å². The second kappa shape index (κ2) is 4.96. The van der Waals surface area contributed by atoms with E-state index in [1.54, 1.807) is 12.1 Å². The molecule has 1 N–H and O–H groups in total. The average Bonchev–Trinajstić information content (AvgIpc) is 2.76. The summed E-state index contributed by atoms with van der Waals surface area (Å²) in [6, 6.07) is 10.7. The van der Waals surface area contributed by atoms with E-state index in [0.717, 1.165) is 17.2 Å². The number of carbonyl (C=O) groups is 1. The lowest BCUT2D eigenvalue weighted by molar-refractivity contribution is 0.0697. The normalized spacial score (nSPS) is 10.3. The van der Waals surface area contributed by atoms with Gasteiger partial charge in [-0.2, -0.15) is 0 Å². The molecule has 0 atom stereocenters. The Morgan fingerprint density at radius 2 is 1.89 bits per heavy atom. The number of furan rings is 1. The van der Waals surface area contributed by atoms with Gasteiger partial charge in [0.2, 0.25) is 0 Å². The van der Waals surface area contributed by atoms with Crippen molar-refractivity contribution in [1.82, 2.24) is 0 Å². The number of aromatic carboxylic acids is 1. The fourth-order valence-electron chi connectivity index (χ4n) is 1.73. The Morgan fingerprint density at radius 3 is 2.39 bits per heavy atom. The van der Waals surface area contributed by atoms with Crippen molar-refractivity contribution in [1.29, 1.82) is 0 Å². The van der Waals surface area contributed by atoms with E-state index in [4.69, 9.17) is 9.52 Å². The second-order valence-corrected chi connectivity index (χ2v) is 4.24. The van der Waals surface area contributed by atoms with Crippen molar-refractivity contribution in [3.63, 3.8) is 0 Å². The highest BCUT2D eigenvalue weighted by molar-refractivity contribution is 5.87. The fourth-order valence-corrected chi connectivity index (χ4v) is 1.73. The van der Waals surface area contributed by atoms with Crippen molar-refractivity contribution in [3.8, 4) is 0 Å². The van der Waals surface area contributed by atoms with Gasteiger partial charge in [0.15, 0.2) is 5.88 Å². The molecule has 0 aliphatic rings. The van der Waals surface area contributed by atoms with Crippen LogP contribution in [-0.2, 0) is 6.54 Å². The molecule has 4 nitrogen and oxygen atoms in total. The average molecular weight is 245 g/mol. The molecule has 2 rings (SSSR count). The minimum atomic E-state index is -0.906. The molecule has 1 heterocycles. The first-order valence-electron chi connectivity index (χ1n) is 5.66. The van der Waals surface area contributed by atoms with Gasteiger partial charge in [-0.3, -0.25) is 0 Å². The van der Waals surface area contributed by atoms with Gasteiger partial charge >= 0.3 is 5.97 Å². The molecule has 0 amide bonds. The highest BCUT2D eigenvalue weighted by Crippen LogP contribution is 2.18. The second-order valence-electron chi connectivity index (χ2n) is 4.24. The molecule has 0 aliphatic carbocycles. The van der Waals surface area contributed by atoms with Gasteiger partial charge in [0.05, 0.1) is 5.56 Å². The summed E-state index contributed by atoms with van der Waals surface area (Å²) in [5.74, 6) is 0.768. The number of hydrogen-bond acceptors (Lipinski definition) is 3. The topological polar surface area (TPSA) is 53.7 Å². The summed E-state index contributed by atoms with van der Waals surface area (Å²) in [6.07, 6.45) is 0. The first-order chi connectivity index (χ1) is 8.56. The lowest BCUT2D eigenvalue weighted by atomic mass is 10.1. The van der Waals surface area contributed by atoms with Gasteiger partial charge < -0.3 is 14.4 Å². The van der Waals surface area contributed by atoms with E-state index in [9.17, 15) is 4.79 Å². The number of aryl methyl sites for hydroxylation is 1. The molecule has 0 aliphatic heterocycles. The number of carboxylic acids is 1. The van der Waals surface area contributed by atoms with Crippen molar-refractivity contribution in [2.24, 2.45) is 0 Å². The predicted molar refractivity (Wildman–Crippen MR) is 69.0 cm³/mol. The molecule has 18 heavy (non-hydrogen) atoms. The van der Waals surface area contributed by atoms with E-state index < -0.39 is 5.97 Å². The number of nitrogens with zero attached hydrogens (tertiary/aromatic N) is 1. The van der Waals surface area contributed by atoms with Crippen molar-refractivity contribution < 1.29 is 14.3 Å². The maximum absolute atomic E-state index is 10.7. The first-order valence-corrected chi connectivity index (χ1v) is 5.66. The van der Waals surface area contributed by atoms with Gasteiger partial charge in [-0.25, -0.2) is 4.79 Å². The monoisotopic (exact) mass is 245 g/mol. The molecule has 0 unspecified atom stereocenters. The van der Waals surface area contributed by atoms with Crippen LogP contribution in [0.1, 0.15) is 21.7 Å². The van der Waals surface area contributed by atoms with E-state index >= 15 is 0 Å². The standard InChI is InChI=1S/C14H15NO3/c1-10-3-8-13(18-10)15(2)9-11-4-6-12(7-5-11)14(16)17/h3-8H,9H2,1-2H3,(H,16,17). The van der Waals surface area contributed by atoms with Crippen molar-refractivity contribution in [2.45, 2.75) is 13.5 Å². The first kappa shape index (κ1) is 12.2. The van der Waals surface area contributed by atoms with Gasteiger partial charge in [0.25, 0.3) is 0 Å². The van der Waals surface area contributed by atoms with Crippen molar-refractivity contribution in [2.75, 3.05) is 11.9 Å². The van der Waals surface area contributed by atoms with Crippen molar-refractivity contribution >= 4 is 11.9 Å². The summed E-state index contributed by atoms with van der Waals surface area (Å²) in [6.45, 7) is 2.58. The Hall–Kier alpha value is -2.23. The Labute approximate surface area is 105 Å². The maximum atomic E-state index is 10.7. The maximum Gasteiger partial charge on any atom is 0.335 e. The molecular formula is C14H15NO3. The molecule has 0 saturated heterocycles. The van der Waals surface area contributed by atoms with E-state index in [0.29, 0.717) is 12.1 Å². The van der Waals surface area contributed by atoms with Gasteiger partial charge in [-0.05, 0) is 30.7 Å². The molecule has 2 aromatic rings. The molecule has 0 radical (unpaired) electrons. The zero-order valence-electron chi connectivity index (χ0n) is 10.4. The molecule has 0 saturated carbocycles. The Balaban J connectivity index is 2.07. The zero-order chi connectivity index (χ0) is 13.1. The zero-order valence-corrected chi connectivity index (χ0v) is 10.4. The van der Waals surface area contributed by atoms with E-state index in [1.807, 2.05) is 43.1 Å². The van der Waals surface area contributed by atoms with Crippen LogP contribution in [-0.4, -0.2) is 18.1 Å². The van der Waals surface area contributed by atoms with Crippen LogP contribution in [0.3, 0.4) is 0 Å². The molecule has 1 aromatic heterocycles. The predicted octanol–water partition coefficient (Wildman–Crippen LogP) is 2.92. The van der Waals surface area contributed by atoms with Gasteiger partial charge in [-0.15, -0.1) is 0 Å². The minimum absolute atomic E-state index is 0.301. The van der Waals surface area contributed by atoms with E-state index in [1.165, 1.54) is 0 Å². The summed E-state index contributed by atoms with van der Waals surface area (Å²) < 4.78 is 5.51. The molecule has 0 fully saturated rings. The van der Waals surface area contributed by atoms with E-state index in [2.05, 4.69) is 0 Å². The lowest BCUT2D eigenvalue weighted by Crippen LogP contribution is -2.15. The van der Waals surface area contributed by atoms with Crippen molar-refractivity contribution in [3.05, 3.63) is 53.3 Å². The summed E-state index contributed by atoms with van der Waals surface area (Å²) in [4.78, 5) is 12.7. The number of carboxylic acid groups (broad SMARTS) is 1. The van der Waals surface area contributed by atoms with Crippen LogP contribution in [0.5, 0.6) is 0 Å². The summed E-state index contributed by atoms with van der Waals surface area (Å²) in [7, 11) is 1.93. The SMILES string of the molecule is Cc1ccc(N(C)Cc2ccc(C(=O)O)cc2)o1. The van der Waals surface area contributed by atoms with Crippen LogP contribution in [0, 0.1) is 6.92 Å². The smallest absolute Gasteiger partial charge is 0.335 e. The number of anilines is 1. The number of hydrogen-bond donors (Lipinski definition) is 1. The fraction of sp³-hybridized carbons (Fsp3) is 0.214. The van der Waals surface area contributed by atoms with Crippen LogP contribution in [0.2, 0.25) is 0 Å². The molecular weight excluding hydrogens is 230 g/mol. The molecule has 1 aromatic carbocycles. The highest BCUT2D eigenvalue weighted by Gasteiger charge is 2.07. The van der Waals surface area contributed by atoms with Crippen LogP contribution in [0.4, 0.5) is 5.88 Å². The lowest BCUT2D eigenvalue weighted by Gasteiger charge is -2.15. The van der Waals surface area contributed by atoms with Crippen LogP contribution in [0.25, 0.3) is 0 Å². The third-order valence-corrected chi connectivity index (χ3v) is 2.72. The van der Waals surface area contributed by atoms with Crippen LogP contribution < -0.4 is 4.90 Å². The van der Waals surface area contributed by atoms with Gasteiger partial charge in [0.1, 0.15) is 5.76 Å². The van der Waals surface area contributed by atoms with E-state index in [-0.39, 0.29) is 0 Å². The Bertz CT molecular complexity index is 542. The quantitative estimate of drug-likeness (QED) is 0.899.